The van der Waals surface area contributed by atoms with E-state index in [2.05, 4.69) is 21.2 Å². The van der Waals surface area contributed by atoms with Crippen molar-refractivity contribution in [2.24, 2.45) is 0 Å². The van der Waals surface area contributed by atoms with Crippen molar-refractivity contribution in [3.63, 3.8) is 0 Å². The van der Waals surface area contributed by atoms with Crippen LogP contribution in [0.2, 0.25) is 0 Å². The van der Waals surface area contributed by atoms with E-state index in [1.807, 2.05) is 31.3 Å². The molecule has 0 heterocycles. The van der Waals surface area contributed by atoms with Gasteiger partial charge in [0.25, 0.3) is 0 Å². The van der Waals surface area contributed by atoms with Crippen LogP contribution < -0.4 is 5.32 Å². The second-order valence-electron chi connectivity index (χ2n) is 3.65. The molecule has 0 aliphatic carbocycles. The average molecular weight is 286 g/mol. The third-order valence-electron chi connectivity index (χ3n) is 2.51. The maximum atomic E-state index is 10.4. The molecule has 4 heteroatoms. The lowest BCUT2D eigenvalue weighted by Gasteiger charge is -2.17. The van der Waals surface area contributed by atoms with Crippen LogP contribution in [0.4, 0.5) is 0 Å². The van der Waals surface area contributed by atoms with Crippen LogP contribution in [0.25, 0.3) is 0 Å². The Morgan fingerprint density at radius 2 is 2.19 bits per heavy atom. The molecule has 0 bridgehead atoms. The number of hydrogen-bond donors (Lipinski definition) is 2. The SMILES string of the molecule is CNC(CCCC(=O)O)c1ccccc1Br. The first-order valence-corrected chi connectivity index (χ1v) is 6.08. The number of halogens is 1. The molecule has 0 radical (unpaired) electrons. The number of rotatable bonds is 6. The fourth-order valence-electron chi connectivity index (χ4n) is 1.67. The van der Waals surface area contributed by atoms with Gasteiger partial charge in [0.05, 0.1) is 0 Å². The van der Waals surface area contributed by atoms with Gasteiger partial charge in [-0.05, 0) is 31.5 Å². The molecule has 1 unspecified atom stereocenters. The molecule has 0 aliphatic heterocycles. The predicted molar refractivity (Wildman–Crippen MR) is 67.4 cm³/mol. The highest BCUT2D eigenvalue weighted by atomic mass is 79.9. The molecule has 1 atom stereocenters. The average Bonchev–Trinajstić information content (AvgIpc) is 2.25. The molecule has 0 fully saturated rings. The monoisotopic (exact) mass is 285 g/mol. The summed E-state index contributed by atoms with van der Waals surface area (Å²) in [6.45, 7) is 0. The first-order chi connectivity index (χ1) is 7.65. The maximum Gasteiger partial charge on any atom is 0.303 e. The minimum atomic E-state index is -0.734. The van der Waals surface area contributed by atoms with Crippen molar-refractivity contribution in [2.45, 2.75) is 25.3 Å². The molecule has 1 rings (SSSR count). The van der Waals surface area contributed by atoms with Crippen LogP contribution >= 0.6 is 15.9 Å². The van der Waals surface area contributed by atoms with Gasteiger partial charge < -0.3 is 10.4 Å². The largest absolute Gasteiger partial charge is 0.481 e. The first-order valence-electron chi connectivity index (χ1n) is 5.28. The molecule has 16 heavy (non-hydrogen) atoms. The van der Waals surface area contributed by atoms with Gasteiger partial charge in [-0.1, -0.05) is 34.1 Å². The Morgan fingerprint density at radius 3 is 2.75 bits per heavy atom. The second kappa shape index (κ2) is 6.66. The van der Waals surface area contributed by atoms with Crippen molar-refractivity contribution in [3.8, 4) is 0 Å². The van der Waals surface area contributed by atoms with E-state index in [0.29, 0.717) is 6.42 Å². The number of carboxylic acid groups (broad SMARTS) is 1. The molecule has 1 aromatic rings. The lowest BCUT2D eigenvalue weighted by Crippen LogP contribution is -2.17. The van der Waals surface area contributed by atoms with Crippen molar-refractivity contribution in [1.29, 1.82) is 0 Å². The fraction of sp³-hybridized carbons (Fsp3) is 0.417. The van der Waals surface area contributed by atoms with E-state index in [0.717, 1.165) is 10.9 Å². The summed E-state index contributed by atoms with van der Waals surface area (Å²) in [5, 5.41) is 11.8. The zero-order valence-electron chi connectivity index (χ0n) is 9.24. The van der Waals surface area contributed by atoms with Gasteiger partial charge in [0.2, 0.25) is 0 Å². The van der Waals surface area contributed by atoms with Crippen LogP contribution in [-0.4, -0.2) is 18.1 Å². The number of nitrogens with one attached hydrogen (secondary N) is 1. The van der Waals surface area contributed by atoms with Crippen LogP contribution in [0.1, 0.15) is 30.9 Å². The van der Waals surface area contributed by atoms with E-state index in [9.17, 15) is 4.79 Å². The minimum absolute atomic E-state index is 0.204. The van der Waals surface area contributed by atoms with Crippen molar-refractivity contribution in [3.05, 3.63) is 34.3 Å². The molecule has 88 valence electrons. The standard InChI is InChI=1S/C12H16BrNO2/c1-14-11(7-4-8-12(15)16)9-5-2-3-6-10(9)13/h2-3,5-6,11,14H,4,7-8H2,1H3,(H,15,16). The number of benzene rings is 1. The van der Waals surface area contributed by atoms with Crippen LogP contribution in [0.15, 0.2) is 28.7 Å². The summed E-state index contributed by atoms with van der Waals surface area (Å²) >= 11 is 3.50. The molecule has 0 aromatic heterocycles. The summed E-state index contributed by atoms with van der Waals surface area (Å²) < 4.78 is 1.06. The van der Waals surface area contributed by atoms with Crippen molar-refractivity contribution >= 4 is 21.9 Å². The molecular weight excluding hydrogens is 270 g/mol. The zero-order chi connectivity index (χ0) is 12.0. The smallest absolute Gasteiger partial charge is 0.303 e. The Kier molecular flexibility index (Phi) is 5.49. The molecule has 0 spiro atoms. The van der Waals surface area contributed by atoms with Crippen LogP contribution in [0.5, 0.6) is 0 Å². The molecule has 0 amide bonds. The minimum Gasteiger partial charge on any atom is -0.481 e. The highest BCUT2D eigenvalue weighted by molar-refractivity contribution is 9.10. The lowest BCUT2D eigenvalue weighted by atomic mass is 10.0. The quantitative estimate of drug-likeness (QED) is 0.845. The van der Waals surface area contributed by atoms with Gasteiger partial charge in [-0.2, -0.15) is 0 Å². The molecule has 2 N–H and O–H groups in total. The number of hydrogen-bond acceptors (Lipinski definition) is 2. The maximum absolute atomic E-state index is 10.4. The van der Waals surface area contributed by atoms with E-state index < -0.39 is 5.97 Å². The predicted octanol–water partition coefficient (Wildman–Crippen LogP) is 2.96. The van der Waals surface area contributed by atoms with Gasteiger partial charge in [-0.25, -0.2) is 0 Å². The van der Waals surface area contributed by atoms with Crippen molar-refractivity contribution in [2.75, 3.05) is 7.05 Å². The molecule has 0 saturated heterocycles. The summed E-state index contributed by atoms with van der Waals surface area (Å²) in [5.74, 6) is -0.734. The van der Waals surface area contributed by atoms with Gasteiger partial charge in [0.1, 0.15) is 0 Å². The Balaban J connectivity index is 2.60. The normalized spacial score (nSPS) is 12.4. The van der Waals surface area contributed by atoms with E-state index in [1.54, 1.807) is 0 Å². The third-order valence-corrected chi connectivity index (χ3v) is 3.23. The molecule has 0 aliphatic rings. The summed E-state index contributed by atoms with van der Waals surface area (Å²) in [7, 11) is 1.89. The molecule has 0 saturated carbocycles. The second-order valence-corrected chi connectivity index (χ2v) is 4.50. The third kappa shape index (κ3) is 3.94. The van der Waals surface area contributed by atoms with E-state index in [4.69, 9.17) is 5.11 Å². The number of carboxylic acids is 1. The molecule has 3 nitrogen and oxygen atoms in total. The lowest BCUT2D eigenvalue weighted by molar-refractivity contribution is -0.137. The first kappa shape index (κ1) is 13.2. The van der Waals surface area contributed by atoms with Crippen LogP contribution in [-0.2, 0) is 4.79 Å². The van der Waals surface area contributed by atoms with Crippen LogP contribution in [0, 0.1) is 0 Å². The van der Waals surface area contributed by atoms with Gasteiger partial charge >= 0.3 is 5.97 Å². The summed E-state index contributed by atoms with van der Waals surface area (Å²) in [5.41, 5.74) is 1.18. The summed E-state index contributed by atoms with van der Waals surface area (Å²) in [6.07, 6.45) is 1.73. The highest BCUT2D eigenvalue weighted by Crippen LogP contribution is 2.26. The van der Waals surface area contributed by atoms with Gasteiger partial charge in [-0.15, -0.1) is 0 Å². The number of aliphatic carboxylic acids is 1. The fourth-order valence-corrected chi connectivity index (χ4v) is 2.23. The van der Waals surface area contributed by atoms with Crippen molar-refractivity contribution in [1.82, 2.24) is 5.32 Å². The highest BCUT2D eigenvalue weighted by Gasteiger charge is 2.12. The summed E-state index contributed by atoms with van der Waals surface area (Å²) in [6, 6.07) is 8.21. The Labute approximate surface area is 104 Å². The molecule has 1 aromatic carbocycles. The van der Waals surface area contributed by atoms with Gasteiger partial charge in [0, 0.05) is 16.9 Å². The zero-order valence-corrected chi connectivity index (χ0v) is 10.8. The Bertz CT molecular complexity index is 355. The Hall–Kier alpha value is -0.870. The van der Waals surface area contributed by atoms with Crippen molar-refractivity contribution < 1.29 is 9.90 Å². The summed E-state index contributed by atoms with van der Waals surface area (Å²) in [4.78, 5) is 10.4. The van der Waals surface area contributed by atoms with Gasteiger partial charge in [-0.3, -0.25) is 4.79 Å². The van der Waals surface area contributed by atoms with Gasteiger partial charge in [0.15, 0.2) is 0 Å². The van der Waals surface area contributed by atoms with Crippen LogP contribution in [0.3, 0.4) is 0 Å². The topological polar surface area (TPSA) is 49.3 Å². The Morgan fingerprint density at radius 1 is 1.50 bits per heavy atom. The van der Waals surface area contributed by atoms with E-state index in [1.165, 1.54) is 5.56 Å². The molecular formula is C12H16BrNO2. The number of carbonyl (C=O) groups is 1. The van der Waals surface area contributed by atoms with E-state index in [-0.39, 0.29) is 12.5 Å². The van der Waals surface area contributed by atoms with E-state index >= 15 is 0 Å².